The number of nitrogens with zero attached hydrogens (tertiary/aromatic N) is 2. The Morgan fingerprint density at radius 2 is 1.94 bits per heavy atom. The zero-order valence-corrected chi connectivity index (χ0v) is 19.6. The number of hydrogen-bond donors (Lipinski definition) is 0. The second kappa shape index (κ2) is 9.64. The molecule has 1 saturated carbocycles. The first-order valence-electron chi connectivity index (χ1n) is 12.5. The maximum atomic E-state index is 13.7. The topological polar surface area (TPSA) is 46.3 Å². The monoisotopic (exact) mass is 442 g/mol. The summed E-state index contributed by atoms with van der Waals surface area (Å²) in [5.74, 6) is 0.590. The number of fused-ring (bicyclic) bond motifs is 1. The Bertz CT molecular complexity index is 1130. The zero-order chi connectivity index (χ0) is 22.7. The standard InChI is InChI=1S/C29H34N2O2/c1-29(27-13-7-8-17-30-27,28(32)23-9-3-2-4-10-23)16-20-31-18-14-22(15-19-31)25-21-33-26-12-6-5-11-24(25)26/h5-8,11-14,17,21,23H,2-4,9-10,15-16,18-20H2,1H3. The van der Waals surface area contributed by atoms with Crippen LogP contribution in [0.2, 0.25) is 0 Å². The fraction of sp³-hybridized carbons (Fsp3) is 0.448. The molecule has 0 spiro atoms. The minimum atomic E-state index is -0.520. The van der Waals surface area contributed by atoms with Crippen molar-refractivity contribution in [1.29, 1.82) is 0 Å². The molecule has 3 heterocycles. The maximum Gasteiger partial charge on any atom is 0.147 e. The normalized spacial score (nSPS) is 19.8. The Morgan fingerprint density at radius 3 is 2.70 bits per heavy atom. The Kier molecular flexibility index (Phi) is 6.45. The summed E-state index contributed by atoms with van der Waals surface area (Å²) in [5, 5.41) is 1.19. The number of aromatic nitrogens is 1. The van der Waals surface area contributed by atoms with Gasteiger partial charge in [-0.15, -0.1) is 0 Å². The summed E-state index contributed by atoms with van der Waals surface area (Å²) in [5.41, 5.74) is 3.94. The molecule has 1 unspecified atom stereocenters. The molecule has 1 atom stereocenters. The van der Waals surface area contributed by atoms with Crippen LogP contribution in [0.1, 0.15) is 63.1 Å². The molecule has 4 nitrogen and oxygen atoms in total. The number of pyridine rings is 1. The molecule has 172 valence electrons. The van der Waals surface area contributed by atoms with Crippen molar-refractivity contribution >= 4 is 22.3 Å². The van der Waals surface area contributed by atoms with Gasteiger partial charge in [0.2, 0.25) is 0 Å². The molecule has 4 heteroatoms. The van der Waals surface area contributed by atoms with Crippen molar-refractivity contribution in [2.45, 2.75) is 57.3 Å². The van der Waals surface area contributed by atoms with E-state index < -0.39 is 5.41 Å². The lowest BCUT2D eigenvalue weighted by Gasteiger charge is -2.35. The minimum absolute atomic E-state index is 0.188. The number of carbonyl (C=O) groups excluding carboxylic acids is 1. The fourth-order valence-corrected chi connectivity index (χ4v) is 5.65. The molecule has 2 aliphatic rings. The van der Waals surface area contributed by atoms with Crippen LogP contribution in [0, 0.1) is 5.92 Å². The molecule has 3 aromatic rings. The molecule has 1 aromatic carbocycles. The van der Waals surface area contributed by atoms with Gasteiger partial charge in [-0.1, -0.05) is 49.6 Å². The lowest BCUT2D eigenvalue weighted by molar-refractivity contribution is -0.129. The van der Waals surface area contributed by atoms with E-state index in [9.17, 15) is 4.79 Å². The van der Waals surface area contributed by atoms with E-state index in [0.717, 1.165) is 56.6 Å². The highest BCUT2D eigenvalue weighted by Crippen LogP contribution is 2.37. The van der Waals surface area contributed by atoms with Gasteiger partial charge in [0.1, 0.15) is 11.4 Å². The molecular formula is C29H34N2O2. The molecule has 1 fully saturated rings. The van der Waals surface area contributed by atoms with E-state index in [-0.39, 0.29) is 5.92 Å². The summed E-state index contributed by atoms with van der Waals surface area (Å²) in [4.78, 5) is 20.9. The maximum absolute atomic E-state index is 13.7. The van der Waals surface area contributed by atoms with Crippen molar-refractivity contribution in [1.82, 2.24) is 9.88 Å². The lowest BCUT2D eigenvalue weighted by Crippen LogP contribution is -2.42. The van der Waals surface area contributed by atoms with E-state index in [1.807, 2.05) is 42.8 Å². The highest BCUT2D eigenvalue weighted by Gasteiger charge is 2.40. The van der Waals surface area contributed by atoms with Crippen LogP contribution in [-0.2, 0) is 10.2 Å². The van der Waals surface area contributed by atoms with Crippen molar-refractivity contribution in [2.24, 2.45) is 5.92 Å². The average Bonchev–Trinajstić information content (AvgIpc) is 3.32. The van der Waals surface area contributed by atoms with Gasteiger partial charge in [0.15, 0.2) is 0 Å². The SMILES string of the molecule is CC(CCN1CC=C(c2coc3ccccc23)CC1)(C(=O)C1CCCCC1)c1ccccn1. The number of ketones is 1. The van der Waals surface area contributed by atoms with Crippen LogP contribution >= 0.6 is 0 Å². The van der Waals surface area contributed by atoms with Crippen molar-refractivity contribution in [3.05, 3.63) is 72.3 Å². The van der Waals surface area contributed by atoms with Crippen molar-refractivity contribution in [2.75, 3.05) is 19.6 Å². The van der Waals surface area contributed by atoms with Gasteiger partial charge in [-0.05, 0) is 62.9 Å². The van der Waals surface area contributed by atoms with Gasteiger partial charge < -0.3 is 4.42 Å². The summed E-state index contributed by atoms with van der Waals surface area (Å²) in [6, 6.07) is 14.2. The van der Waals surface area contributed by atoms with E-state index >= 15 is 0 Å². The van der Waals surface area contributed by atoms with E-state index in [1.54, 1.807) is 0 Å². The van der Waals surface area contributed by atoms with Crippen molar-refractivity contribution in [3.8, 4) is 0 Å². The van der Waals surface area contributed by atoms with Gasteiger partial charge in [-0.3, -0.25) is 14.7 Å². The van der Waals surface area contributed by atoms with Gasteiger partial charge >= 0.3 is 0 Å². The number of rotatable bonds is 7. The van der Waals surface area contributed by atoms with Gasteiger partial charge in [0.05, 0.1) is 17.4 Å². The van der Waals surface area contributed by atoms with E-state index in [1.165, 1.54) is 35.8 Å². The van der Waals surface area contributed by atoms with E-state index in [4.69, 9.17) is 4.42 Å². The van der Waals surface area contributed by atoms with Crippen LogP contribution in [0.3, 0.4) is 0 Å². The summed E-state index contributed by atoms with van der Waals surface area (Å²) in [6.45, 7) is 4.95. The van der Waals surface area contributed by atoms with Crippen LogP contribution in [0.4, 0.5) is 0 Å². The first-order chi connectivity index (χ1) is 16.1. The Morgan fingerprint density at radius 1 is 1.12 bits per heavy atom. The van der Waals surface area contributed by atoms with Crippen LogP contribution < -0.4 is 0 Å². The Hall–Kier alpha value is -2.72. The smallest absolute Gasteiger partial charge is 0.147 e. The third kappa shape index (κ3) is 4.54. The summed E-state index contributed by atoms with van der Waals surface area (Å²) in [7, 11) is 0. The van der Waals surface area contributed by atoms with Crippen molar-refractivity contribution in [3.63, 3.8) is 0 Å². The second-order valence-electron chi connectivity index (χ2n) is 9.92. The highest BCUT2D eigenvalue weighted by atomic mass is 16.3. The molecule has 0 radical (unpaired) electrons. The van der Waals surface area contributed by atoms with E-state index in [2.05, 4.69) is 35.0 Å². The molecule has 0 bridgehead atoms. The van der Waals surface area contributed by atoms with Gasteiger partial charge in [-0.2, -0.15) is 0 Å². The fourth-order valence-electron chi connectivity index (χ4n) is 5.65. The molecule has 0 N–H and O–H groups in total. The largest absolute Gasteiger partial charge is 0.464 e. The third-order valence-corrected chi connectivity index (χ3v) is 7.80. The first-order valence-corrected chi connectivity index (χ1v) is 12.5. The number of benzene rings is 1. The third-order valence-electron chi connectivity index (χ3n) is 7.80. The van der Waals surface area contributed by atoms with Crippen LogP contribution in [0.15, 0.2) is 65.4 Å². The number of furan rings is 1. The molecule has 1 aliphatic heterocycles. The number of Topliss-reactive ketones (excluding diaryl/α,β-unsaturated/α-hetero) is 1. The van der Waals surface area contributed by atoms with Gasteiger partial charge in [0, 0.05) is 36.2 Å². The lowest BCUT2D eigenvalue weighted by atomic mass is 9.70. The molecule has 33 heavy (non-hydrogen) atoms. The Balaban J connectivity index is 1.29. The predicted octanol–water partition coefficient (Wildman–Crippen LogP) is 6.41. The van der Waals surface area contributed by atoms with Gasteiger partial charge in [-0.25, -0.2) is 0 Å². The summed E-state index contributed by atoms with van der Waals surface area (Å²) < 4.78 is 5.76. The van der Waals surface area contributed by atoms with Crippen LogP contribution in [0.5, 0.6) is 0 Å². The number of para-hydroxylation sites is 1. The molecule has 1 aliphatic carbocycles. The first kappa shape index (κ1) is 22.1. The van der Waals surface area contributed by atoms with Crippen molar-refractivity contribution < 1.29 is 9.21 Å². The summed E-state index contributed by atoms with van der Waals surface area (Å²) >= 11 is 0. The minimum Gasteiger partial charge on any atom is -0.464 e. The van der Waals surface area contributed by atoms with Crippen LogP contribution in [-0.4, -0.2) is 35.3 Å². The zero-order valence-electron chi connectivity index (χ0n) is 19.6. The second-order valence-corrected chi connectivity index (χ2v) is 9.92. The van der Waals surface area contributed by atoms with E-state index in [0.29, 0.717) is 5.78 Å². The molecule has 5 rings (SSSR count). The molecule has 0 saturated heterocycles. The molecule has 0 amide bonds. The quantitative estimate of drug-likeness (QED) is 0.424. The summed E-state index contributed by atoms with van der Waals surface area (Å²) in [6.07, 6.45) is 13.6. The molecular weight excluding hydrogens is 408 g/mol. The van der Waals surface area contributed by atoms with Gasteiger partial charge in [0.25, 0.3) is 0 Å². The van der Waals surface area contributed by atoms with Crippen LogP contribution in [0.25, 0.3) is 16.5 Å². The predicted molar refractivity (Wildman–Crippen MR) is 133 cm³/mol. The highest BCUT2D eigenvalue weighted by molar-refractivity contribution is 5.92. The molecule has 2 aromatic heterocycles. The average molecular weight is 443 g/mol. The number of hydrogen-bond acceptors (Lipinski definition) is 4. The number of carbonyl (C=O) groups is 1. The Labute approximate surface area is 196 Å².